The van der Waals surface area contributed by atoms with Crippen LogP contribution in [-0.2, 0) is 0 Å². The van der Waals surface area contributed by atoms with Gasteiger partial charge in [0.15, 0.2) is 0 Å². The summed E-state index contributed by atoms with van der Waals surface area (Å²) in [5.41, 5.74) is 3.46. The van der Waals surface area contributed by atoms with Crippen LogP contribution in [0.1, 0.15) is 44.4 Å². The SMILES string of the molecule is Cc1cc(NC(CC(C)(C)C)c2ccccc2)ccc1O. The summed E-state index contributed by atoms with van der Waals surface area (Å²) in [5, 5.41) is 13.3. The van der Waals surface area contributed by atoms with Crippen molar-refractivity contribution in [2.24, 2.45) is 5.41 Å². The van der Waals surface area contributed by atoms with E-state index in [0.29, 0.717) is 5.75 Å². The van der Waals surface area contributed by atoms with Crippen molar-refractivity contribution < 1.29 is 5.11 Å². The third kappa shape index (κ3) is 4.52. The summed E-state index contributed by atoms with van der Waals surface area (Å²) in [6.07, 6.45) is 1.04. The number of hydrogen-bond acceptors (Lipinski definition) is 2. The van der Waals surface area contributed by atoms with E-state index in [1.807, 2.05) is 25.1 Å². The Morgan fingerprint density at radius 3 is 2.29 bits per heavy atom. The van der Waals surface area contributed by atoms with Crippen molar-refractivity contribution in [3.63, 3.8) is 0 Å². The van der Waals surface area contributed by atoms with E-state index in [4.69, 9.17) is 0 Å². The molecule has 0 spiro atoms. The van der Waals surface area contributed by atoms with E-state index < -0.39 is 0 Å². The summed E-state index contributed by atoms with van der Waals surface area (Å²) in [5.74, 6) is 0.340. The molecule has 112 valence electrons. The third-order valence-corrected chi connectivity index (χ3v) is 3.56. The van der Waals surface area contributed by atoms with Crippen molar-refractivity contribution in [2.75, 3.05) is 5.32 Å². The van der Waals surface area contributed by atoms with Crippen molar-refractivity contribution in [1.29, 1.82) is 0 Å². The Morgan fingerprint density at radius 2 is 1.71 bits per heavy atom. The number of nitrogens with one attached hydrogen (secondary N) is 1. The van der Waals surface area contributed by atoms with Crippen LogP contribution in [0.15, 0.2) is 48.5 Å². The summed E-state index contributed by atoms with van der Waals surface area (Å²) in [6, 6.07) is 16.5. The van der Waals surface area contributed by atoms with Gasteiger partial charge in [0.2, 0.25) is 0 Å². The fourth-order valence-electron chi connectivity index (χ4n) is 2.50. The maximum atomic E-state index is 9.65. The molecule has 0 heterocycles. The Kier molecular flexibility index (Phi) is 4.56. The van der Waals surface area contributed by atoms with Gasteiger partial charge in [-0.05, 0) is 48.1 Å². The minimum Gasteiger partial charge on any atom is -0.508 e. The first-order valence-electron chi connectivity index (χ1n) is 7.46. The van der Waals surface area contributed by atoms with Crippen LogP contribution in [0.5, 0.6) is 5.75 Å². The molecular formula is C19H25NO. The lowest BCUT2D eigenvalue weighted by Gasteiger charge is -2.28. The van der Waals surface area contributed by atoms with Crippen LogP contribution in [0.2, 0.25) is 0 Å². The van der Waals surface area contributed by atoms with Gasteiger partial charge in [0.1, 0.15) is 5.75 Å². The smallest absolute Gasteiger partial charge is 0.118 e. The van der Waals surface area contributed by atoms with Crippen LogP contribution in [0.3, 0.4) is 0 Å². The molecule has 2 heteroatoms. The molecule has 0 aliphatic heterocycles. The summed E-state index contributed by atoms with van der Waals surface area (Å²) < 4.78 is 0. The highest BCUT2D eigenvalue weighted by atomic mass is 16.3. The van der Waals surface area contributed by atoms with Gasteiger partial charge in [0.25, 0.3) is 0 Å². The molecule has 1 atom stereocenters. The molecule has 0 aliphatic carbocycles. The lowest BCUT2D eigenvalue weighted by atomic mass is 9.85. The number of rotatable bonds is 4. The first-order valence-corrected chi connectivity index (χ1v) is 7.46. The second-order valence-electron chi connectivity index (χ2n) is 6.87. The van der Waals surface area contributed by atoms with Crippen LogP contribution in [0.25, 0.3) is 0 Å². The zero-order chi connectivity index (χ0) is 15.5. The van der Waals surface area contributed by atoms with E-state index in [0.717, 1.165) is 17.7 Å². The molecule has 2 aromatic rings. The van der Waals surface area contributed by atoms with E-state index in [1.165, 1.54) is 5.56 Å². The molecule has 0 bridgehead atoms. The molecule has 2 nitrogen and oxygen atoms in total. The van der Waals surface area contributed by atoms with E-state index in [2.05, 4.69) is 50.4 Å². The maximum absolute atomic E-state index is 9.65. The average molecular weight is 283 g/mol. The lowest BCUT2D eigenvalue weighted by Crippen LogP contribution is -2.18. The molecule has 1 unspecified atom stereocenters. The minimum absolute atomic E-state index is 0.236. The van der Waals surface area contributed by atoms with Crippen LogP contribution >= 0.6 is 0 Å². The number of benzene rings is 2. The Bertz CT molecular complexity index is 584. The molecule has 0 radical (unpaired) electrons. The van der Waals surface area contributed by atoms with Crippen molar-refractivity contribution in [3.8, 4) is 5.75 Å². The molecule has 2 aromatic carbocycles. The number of anilines is 1. The molecule has 21 heavy (non-hydrogen) atoms. The number of hydrogen-bond donors (Lipinski definition) is 2. The summed E-state index contributed by atoms with van der Waals surface area (Å²) >= 11 is 0. The van der Waals surface area contributed by atoms with Crippen molar-refractivity contribution in [1.82, 2.24) is 0 Å². The van der Waals surface area contributed by atoms with Gasteiger partial charge < -0.3 is 10.4 Å². The van der Waals surface area contributed by atoms with Crippen LogP contribution in [0.4, 0.5) is 5.69 Å². The first kappa shape index (κ1) is 15.4. The van der Waals surface area contributed by atoms with Gasteiger partial charge in [-0.15, -0.1) is 0 Å². The molecular weight excluding hydrogens is 258 g/mol. The molecule has 2 N–H and O–H groups in total. The highest BCUT2D eigenvalue weighted by Crippen LogP contribution is 2.33. The monoisotopic (exact) mass is 283 g/mol. The Labute approximate surface area is 127 Å². The predicted molar refractivity (Wildman–Crippen MR) is 89.7 cm³/mol. The molecule has 0 aromatic heterocycles. The van der Waals surface area contributed by atoms with Crippen molar-refractivity contribution in [2.45, 2.75) is 40.2 Å². The predicted octanol–water partition coefficient (Wildman–Crippen LogP) is 5.29. The number of aromatic hydroxyl groups is 1. The van der Waals surface area contributed by atoms with Gasteiger partial charge in [0.05, 0.1) is 6.04 Å². The second kappa shape index (κ2) is 6.21. The van der Waals surface area contributed by atoms with Crippen LogP contribution < -0.4 is 5.32 Å². The highest BCUT2D eigenvalue weighted by Gasteiger charge is 2.20. The topological polar surface area (TPSA) is 32.3 Å². The van der Waals surface area contributed by atoms with E-state index in [-0.39, 0.29) is 11.5 Å². The Morgan fingerprint density at radius 1 is 1.05 bits per heavy atom. The van der Waals surface area contributed by atoms with Crippen molar-refractivity contribution in [3.05, 3.63) is 59.7 Å². The van der Waals surface area contributed by atoms with Gasteiger partial charge in [0, 0.05) is 5.69 Å². The molecule has 2 rings (SSSR count). The number of phenolic OH excluding ortho intramolecular Hbond substituents is 1. The first-order chi connectivity index (χ1) is 9.85. The van der Waals surface area contributed by atoms with E-state index >= 15 is 0 Å². The largest absolute Gasteiger partial charge is 0.508 e. The average Bonchev–Trinajstić information content (AvgIpc) is 2.42. The van der Waals surface area contributed by atoms with E-state index in [1.54, 1.807) is 6.07 Å². The summed E-state index contributed by atoms with van der Waals surface area (Å²) in [7, 11) is 0. The van der Waals surface area contributed by atoms with Gasteiger partial charge in [-0.2, -0.15) is 0 Å². The van der Waals surface area contributed by atoms with Gasteiger partial charge >= 0.3 is 0 Å². The fourth-order valence-corrected chi connectivity index (χ4v) is 2.50. The number of phenols is 1. The second-order valence-corrected chi connectivity index (χ2v) is 6.87. The molecule has 0 aliphatic rings. The maximum Gasteiger partial charge on any atom is 0.118 e. The van der Waals surface area contributed by atoms with Crippen LogP contribution in [0, 0.1) is 12.3 Å². The van der Waals surface area contributed by atoms with Crippen LogP contribution in [-0.4, -0.2) is 5.11 Å². The Balaban J connectivity index is 2.25. The van der Waals surface area contributed by atoms with Crippen molar-refractivity contribution >= 4 is 5.69 Å². The lowest BCUT2D eigenvalue weighted by molar-refractivity contribution is 0.352. The Hall–Kier alpha value is -1.96. The minimum atomic E-state index is 0.236. The summed E-state index contributed by atoms with van der Waals surface area (Å²) in [6.45, 7) is 8.69. The van der Waals surface area contributed by atoms with Gasteiger partial charge in [-0.3, -0.25) is 0 Å². The number of aryl methyl sites for hydroxylation is 1. The molecule has 0 saturated carbocycles. The highest BCUT2D eigenvalue weighted by molar-refractivity contribution is 5.51. The fraction of sp³-hybridized carbons (Fsp3) is 0.368. The standard InChI is InChI=1S/C19H25NO/c1-14-12-16(10-11-18(14)21)20-17(13-19(2,3)4)15-8-6-5-7-9-15/h5-12,17,20-21H,13H2,1-4H3. The van der Waals surface area contributed by atoms with E-state index in [9.17, 15) is 5.11 Å². The normalized spacial score (nSPS) is 13.0. The molecule has 0 saturated heterocycles. The summed E-state index contributed by atoms with van der Waals surface area (Å²) in [4.78, 5) is 0. The van der Waals surface area contributed by atoms with Gasteiger partial charge in [-0.25, -0.2) is 0 Å². The third-order valence-electron chi connectivity index (χ3n) is 3.56. The molecule has 0 fully saturated rings. The van der Waals surface area contributed by atoms with Gasteiger partial charge in [-0.1, -0.05) is 51.1 Å². The zero-order valence-electron chi connectivity index (χ0n) is 13.4. The zero-order valence-corrected chi connectivity index (χ0v) is 13.4. The molecule has 0 amide bonds. The quantitative estimate of drug-likeness (QED) is 0.747.